The molecular formula is C22H25N5O3S. The standard InChI is InChI=1S/C22H25N5O3S/c1-30-20-15(3-2-11-23-20)7-4-14-5-8-16(9-6-14)25-21-24-12-10-17(26-21)13-18-19(28)27-22(29)31-18/h2-3,10-14,16H,4-9H2,1H3,(H,24,25,26)(H,27,28,29)/b18-13-. The number of aryl methyl sites for hydroxylation is 1. The Labute approximate surface area is 185 Å². The molecule has 1 saturated heterocycles. The number of methoxy groups -OCH3 is 1. The predicted molar refractivity (Wildman–Crippen MR) is 120 cm³/mol. The van der Waals surface area contributed by atoms with Crippen LogP contribution in [0.3, 0.4) is 0 Å². The monoisotopic (exact) mass is 439 g/mol. The van der Waals surface area contributed by atoms with Crippen molar-refractivity contribution in [1.29, 1.82) is 0 Å². The van der Waals surface area contributed by atoms with Crippen LogP contribution in [0.15, 0.2) is 35.5 Å². The number of carbonyl (C=O) groups excluding carboxylic acids is 2. The van der Waals surface area contributed by atoms with Crippen LogP contribution in [0, 0.1) is 5.92 Å². The number of pyridine rings is 1. The van der Waals surface area contributed by atoms with E-state index in [9.17, 15) is 9.59 Å². The van der Waals surface area contributed by atoms with Crippen molar-refractivity contribution in [2.75, 3.05) is 12.4 Å². The number of ether oxygens (including phenoxy) is 1. The van der Waals surface area contributed by atoms with Crippen LogP contribution in [0.2, 0.25) is 0 Å². The molecule has 0 radical (unpaired) electrons. The Balaban J connectivity index is 1.28. The van der Waals surface area contributed by atoms with Gasteiger partial charge in [-0.25, -0.2) is 15.0 Å². The number of thioether (sulfide) groups is 1. The topological polar surface area (TPSA) is 106 Å². The second kappa shape index (κ2) is 9.91. The molecule has 1 saturated carbocycles. The third kappa shape index (κ3) is 5.61. The van der Waals surface area contributed by atoms with E-state index in [1.807, 2.05) is 6.07 Å². The van der Waals surface area contributed by atoms with E-state index in [1.165, 1.54) is 5.56 Å². The fourth-order valence-corrected chi connectivity index (χ4v) is 4.68. The molecule has 2 aromatic heterocycles. The number of aromatic nitrogens is 3. The molecule has 8 nitrogen and oxygen atoms in total. The van der Waals surface area contributed by atoms with Crippen LogP contribution in [0.5, 0.6) is 5.88 Å². The first-order chi connectivity index (χ1) is 15.1. The Hall–Kier alpha value is -2.94. The van der Waals surface area contributed by atoms with E-state index in [0.29, 0.717) is 28.5 Å². The van der Waals surface area contributed by atoms with E-state index in [2.05, 4.69) is 31.7 Å². The van der Waals surface area contributed by atoms with Crippen molar-refractivity contribution >= 4 is 34.9 Å². The van der Waals surface area contributed by atoms with Crippen LogP contribution in [-0.4, -0.2) is 39.2 Å². The highest BCUT2D eigenvalue weighted by Crippen LogP contribution is 2.30. The summed E-state index contributed by atoms with van der Waals surface area (Å²) in [5, 5.41) is 5.31. The summed E-state index contributed by atoms with van der Waals surface area (Å²) in [6, 6.07) is 6.09. The number of nitrogens with one attached hydrogen (secondary N) is 2. The van der Waals surface area contributed by atoms with Crippen LogP contribution in [0.25, 0.3) is 6.08 Å². The van der Waals surface area contributed by atoms with E-state index < -0.39 is 0 Å². The van der Waals surface area contributed by atoms with Gasteiger partial charge in [-0.3, -0.25) is 14.9 Å². The predicted octanol–water partition coefficient (Wildman–Crippen LogP) is 3.81. The fraction of sp³-hybridized carbons (Fsp3) is 0.409. The van der Waals surface area contributed by atoms with Crippen LogP contribution >= 0.6 is 11.8 Å². The van der Waals surface area contributed by atoms with Crippen molar-refractivity contribution in [2.45, 2.75) is 44.6 Å². The highest BCUT2D eigenvalue weighted by atomic mass is 32.2. The molecule has 2 aliphatic rings. The molecule has 0 aromatic carbocycles. The van der Waals surface area contributed by atoms with Gasteiger partial charge in [0.15, 0.2) is 0 Å². The maximum atomic E-state index is 11.7. The number of rotatable bonds is 7. The van der Waals surface area contributed by atoms with Gasteiger partial charge in [-0.2, -0.15) is 0 Å². The summed E-state index contributed by atoms with van der Waals surface area (Å²) in [7, 11) is 1.66. The zero-order valence-electron chi connectivity index (χ0n) is 17.3. The highest BCUT2D eigenvalue weighted by Gasteiger charge is 2.25. The summed E-state index contributed by atoms with van der Waals surface area (Å²) in [5.74, 6) is 1.58. The average molecular weight is 440 g/mol. The lowest BCUT2D eigenvalue weighted by Crippen LogP contribution is -2.27. The second-order valence-corrected chi connectivity index (χ2v) is 8.74. The van der Waals surface area contributed by atoms with E-state index in [-0.39, 0.29) is 11.1 Å². The molecular weight excluding hydrogens is 414 g/mol. The van der Waals surface area contributed by atoms with Gasteiger partial charge in [0.2, 0.25) is 11.8 Å². The van der Waals surface area contributed by atoms with E-state index in [4.69, 9.17) is 4.74 Å². The summed E-state index contributed by atoms with van der Waals surface area (Å²) < 4.78 is 5.35. The lowest BCUT2D eigenvalue weighted by atomic mass is 9.83. The van der Waals surface area contributed by atoms with E-state index in [1.54, 1.807) is 31.6 Å². The first kappa shape index (κ1) is 21.3. The molecule has 31 heavy (non-hydrogen) atoms. The Morgan fingerprint density at radius 2 is 2.03 bits per heavy atom. The molecule has 3 heterocycles. The molecule has 2 N–H and O–H groups in total. The molecule has 2 amide bonds. The van der Waals surface area contributed by atoms with Gasteiger partial charge >= 0.3 is 0 Å². The molecule has 0 unspecified atom stereocenters. The van der Waals surface area contributed by atoms with Crippen molar-refractivity contribution < 1.29 is 14.3 Å². The van der Waals surface area contributed by atoms with E-state index >= 15 is 0 Å². The molecule has 1 aliphatic heterocycles. The number of carbonyl (C=O) groups is 2. The molecule has 0 bridgehead atoms. The van der Waals surface area contributed by atoms with Crippen LogP contribution in [0.4, 0.5) is 10.7 Å². The Kier molecular flexibility index (Phi) is 6.81. The third-order valence-corrected chi connectivity index (χ3v) is 6.45. The Morgan fingerprint density at radius 1 is 1.19 bits per heavy atom. The zero-order chi connectivity index (χ0) is 21.6. The first-order valence-electron chi connectivity index (χ1n) is 10.4. The summed E-state index contributed by atoms with van der Waals surface area (Å²) in [4.78, 5) is 36.4. The number of amides is 2. The van der Waals surface area contributed by atoms with Gasteiger partial charge in [-0.1, -0.05) is 6.07 Å². The van der Waals surface area contributed by atoms with Gasteiger partial charge in [-0.15, -0.1) is 0 Å². The van der Waals surface area contributed by atoms with Gasteiger partial charge in [0.05, 0.1) is 17.7 Å². The average Bonchev–Trinajstić information content (AvgIpc) is 3.10. The summed E-state index contributed by atoms with van der Waals surface area (Å²) in [6.45, 7) is 0. The Morgan fingerprint density at radius 3 is 2.77 bits per heavy atom. The molecule has 1 aliphatic carbocycles. The summed E-state index contributed by atoms with van der Waals surface area (Å²) in [6.07, 6.45) is 11.6. The SMILES string of the molecule is COc1ncccc1CCC1CCC(Nc2nccc(/C=C3\SC(=O)NC3=O)n2)CC1. The smallest absolute Gasteiger partial charge is 0.290 e. The lowest BCUT2D eigenvalue weighted by Gasteiger charge is -2.29. The summed E-state index contributed by atoms with van der Waals surface area (Å²) >= 11 is 0.884. The Bertz CT molecular complexity index is 989. The minimum absolute atomic E-state index is 0.331. The number of hydrogen-bond acceptors (Lipinski definition) is 8. The van der Waals surface area contributed by atoms with Gasteiger partial charge in [0.1, 0.15) is 0 Å². The van der Waals surface area contributed by atoms with Crippen molar-refractivity contribution in [3.05, 3.63) is 46.8 Å². The minimum Gasteiger partial charge on any atom is -0.481 e. The number of nitrogens with zero attached hydrogens (tertiary/aromatic N) is 3. The molecule has 9 heteroatoms. The highest BCUT2D eigenvalue weighted by molar-refractivity contribution is 8.18. The molecule has 0 spiro atoms. The van der Waals surface area contributed by atoms with Gasteiger partial charge in [0, 0.05) is 24.0 Å². The van der Waals surface area contributed by atoms with Crippen molar-refractivity contribution in [1.82, 2.24) is 20.3 Å². The van der Waals surface area contributed by atoms with E-state index in [0.717, 1.165) is 56.2 Å². The molecule has 2 aromatic rings. The van der Waals surface area contributed by atoms with Crippen LogP contribution < -0.4 is 15.4 Å². The van der Waals surface area contributed by atoms with Crippen molar-refractivity contribution in [3.8, 4) is 5.88 Å². The van der Waals surface area contributed by atoms with Crippen LogP contribution in [0.1, 0.15) is 43.4 Å². The number of hydrogen-bond donors (Lipinski definition) is 2. The zero-order valence-corrected chi connectivity index (χ0v) is 18.2. The minimum atomic E-state index is -0.384. The maximum Gasteiger partial charge on any atom is 0.290 e. The van der Waals surface area contributed by atoms with Crippen molar-refractivity contribution in [3.63, 3.8) is 0 Å². The maximum absolute atomic E-state index is 11.7. The largest absolute Gasteiger partial charge is 0.481 e. The summed E-state index contributed by atoms with van der Waals surface area (Å²) in [5.41, 5.74) is 1.77. The molecule has 2 fully saturated rings. The quantitative estimate of drug-likeness (QED) is 0.628. The van der Waals surface area contributed by atoms with Gasteiger partial charge in [0.25, 0.3) is 11.1 Å². The normalized spacial score (nSPS) is 22.4. The van der Waals surface area contributed by atoms with Crippen LogP contribution in [-0.2, 0) is 11.2 Å². The molecule has 4 rings (SSSR count). The molecule has 162 valence electrons. The van der Waals surface area contributed by atoms with Gasteiger partial charge in [-0.05, 0) is 74.4 Å². The van der Waals surface area contributed by atoms with Gasteiger partial charge < -0.3 is 10.1 Å². The third-order valence-electron chi connectivity index (χ3n) is 5.64. The number of anilines is 1. The molecule has 0 atom stereocenters. The van der Waals surface area contributed by atoms with Crippen molar-refractivity contribution in [2.24, 2.45) is 5.92 Å². The fourth-order valence-electron chi connectivity index (χ4n) is 4.01. The second-order valence-electron chi connectivity index (χ2n) is 7.73. The lowest BCUT2D eigenvalue weighted by molar-refractivity contribution is -0.115. The first-order valence-corrected chi connectivity index (χ1v) is 11.2. The number of imide groups is 1.